The number of aromatic nitrogens is 1. The van der Waals surface area contributed by atoms with E-state index in [9.17, 15) is 16.8 Å². The molecule has 1 N–H and O–H groups in total. The lowest BCUT2D eigenvalue weighted by Crippen LogP contribution is -2.54. The minimum absolute atomic E-state index is 0.195. The maximum Gasteiger partial charge on any atom is 0.212 e. The fraction of sp³-hybridized carbons (Fsp3) is 0.333. The topological polar surface area (TPSA) is 87.3 Å². The molecule has 1 aliphatic rings. The van der Waals surface area contributed by atoms with Crippen LogP contribution < -0.4 is 0 Å². The van der Waals surface area contributed by atoms with Gasteiger partial charge in [-0.05, 0) is 44.0 Å². The number of aromatic amines is 1. The number of benzene rings is 2. The van der Waals surface area contributed by atoms with Crippen LogP contribution in [0.3, 0.4) is 0 Å². The Morgan fingerprint density at radius 3 is 2.34 bits per heavy atom. The minimum Gasteiger partial charge on any atom is -0.357 e. The molecule has 1 aliphatic heterocycles. The third-order valence-electron chi connectivity index (χ3n) is 5.72. The lowest BCUT2D eigenvalue weighted by atomic mass is 9.90. The van der Waals surface area contributed by atoms with E-state index in [2.05, 4.69) is 4.98 Å². The predicted octanol–water partition coefficient (Wildman–Crippen LogP) is 2.98. The van der Waals surface area contributed by atoms with Gasteiger partial charge in [-0.1, -0.05) is 35.9 Å². The number of sulfone groups is 1. The Hall–Kier alpha value is -2.16. The summed E-state index contributed by atoms with van der Waals surface area (Å²) in [5.41, 5.74) is 2.26. The summed E-state index contributed by atoms with van der Waals surface area (Å²) in [6.07, 6.45) is 1.67. The summed E-state index contributed by atoms with van der Waals surface area (Å²) in [7, 11) is -7.36. The number of aryl methyl sites for hydroxylation is 1. The van der Waals surface area contributed by atoms with Crippen LogP contribution in [0.1, 0.15) is 23.7 Å². The maximum atomic E-state index is 13.3. The van der Waals surface area contributed by atoms with Crippen molar-refractivity contribution in [1.29, 1.82) is 0 Å². The standard InChI is InChI=1S/C21H24N2O4S2/c1-15-8-10-16(11-9-15)29(26,27)14-21(2)20-18(12-13-23(21)28(3,24)25)17-6-4-5-7-19(17)22-20/h4-11,22H,12-14H2,1-3H3/t21-/m0/s1. The van der Waals surface area contributed by atoms with Crippen molar-refractivity contribution >= 4 is 30.8 Å². The van der Waals surface area contributed by atoms with Crippen molar-refractivity contribution in [2.24, 2.45) is 0 Å². The molecule has 6 nitrogen and oxygen atoms in total. The van der Waals surface area contributed by atoms with E-state index in [1.54, 1.807) is 31.2 Å². The zero-order chi connectivity index (χ0) is 21.0. The highest BCUT2D eigenvalue weighted by molar-refractivity contribution is 7.91. The van der Waals surface area contributed by atoms with Crippen LogP contribution in [0, 0.1) is 6.92 Å². The van der Waals surface area contributed by atoms with Crippen molar-refractivity contribution in [1.82, 2.24) is 9.29 Å². The zero-order valence-corrected chi connectivity index (χ0v) is 18.3. The van der Waals surface area contributed by atoms with Crippen LogP contribution in [0.15, 0.2) is 53.4 Å². The number of para-hydroxylation sites is 1. The average molecular weight is 433 g/mol. The van der Waals surface area contributed by atoms with Gasteiger partial charge in [-0.2, -0.15) is 4.31 Å². The SMILES string of the molecule is Cc1ccc(S(=O)(=O)C[C@@]2(C)c3[nH]c4ccccc4c3CCN2S(C)(=O)=O)cc1. The molecular formula is C21H24N2O4S2. The third kappa shape index (κ3) is 3.39. The van der Waals surface area contributed by atoms with Gasteiger partial charge in [0.1, 0.15) is 0 Å². The number of nitrogens with one attached hydrogen (secondary N) is 1. The molecule has 4 rings (SSSR count). The molecule has 0 spiro atoms. The van der Waals surface area contributed by atoms with E-state index in [0.29, 0.717) is 12.1 Å². The second-order valence-corrected chi connectivity index (χ2v) is 11.9. The highest BCUT2D eigenvalue weighted by Crippen LogP contribution is 2.41. The van der Waals surface area contributed by atoms with E-state index >= 15 is 0 Å². The average Bonchev–Trinajstić information content (AvgIpc) is 3.01. The van der Waals surface area contributed by atoms with Gasteiger partial charge in [0.25, 0.3) is 0 Å². The molecule has 3 aromatic rings. The molecule has 154 valence electrons. The van der Waals surface area contributed by atoms with E-state index in [4.69, 9.17) is 0 Å². The zero-order valence-electron chi connectivity index (χ0n) is 16.6. The lowest BCUT2D eigenvalue weighted by molar-refractivity contribution is 0.214. The summed E-state index contributed by atoms with van der Waals surface area (Å²) in [6, 6.07) is 14.4. The van der Waals surface area contributed by atoms with Crippen molar-refractivity contribution in [3.8, 4) is 0 Å². The van der Waals surface area contributed by atoms with Crippen molar-refractivity contribution < 1.29 is 16.8 Å². The monoisotopic (exact) mass is 432 g/mol. The first-order valence-electron chi connectivity index (χ1n) is 9.40. The number of sulfonamides is 1. The molecule has 0 saturated carbocycles. The first kappa shape index (κ1) is 20.1. The summed E-state index contributed by atoms with van der Waals surface area (Å²) < 4.78 is 53.1. The number of fused-ring (bicyclic) bond motifs is 3. The fourth-order valence-electron chi connectivity index (χ4n) is 4.38. The Balaban J connectivity index is 1.90. The van der Waals surface area contributed by atoms with Crippen LogP contribution in [-0.4, -0.2) is 44.7 Å². The van der Waals surface area contributed by atoms with E-state index < -0.39 is 25.4 Å². The van der Waals surface area contributed by atoms with Gasteiger partial charge in [0.15, 0.2) is 9.84 Å². The number of rotatable bonds is 4. The summed E-state index contributed by atoms with van der Waals surface area (Å²) in [4.78, 5) is 3.52. The van der Waals surface area contributed by atoms with E-state index in [-0.39, 0.29) is 17.2 Å². The summed E-state index contributed by atoms with van der Waals surface area (Å²) in [6.45, 7) is 3.84. The molecule has 0 amide bonds. The second kappa shape index (κ2) is 6.68. The number of nitrogens with zero attached hydrogens (tertiary/aromatic N) is 1. The van der Waals surface area contributed by atoms with Crippen molar-refractivity contribution in [2.45, 2.75) is 30.7 Å². The Morgan fingerprint density at radius 2 is 1.69 bits per heavy atom. The van der Waals surface area contributed by atoms with Crippen molar-refractivity contribution in [3.63, 3.8) is 0 Å². The molecule has 1 aromatic heterocycles. The molecule has 8 heteroatoms. The normalized spacial score (nSPS) is 20.7. The van der Waals surface area contributed by atoms with Crippen LogP contribution in [0.2, 0.25) is 0 Å². The quantitative estimate of drug-likeness (QED) is 0.687. The highest BCUT2D eigenvalue weighted by Gasteiger charge is 2.48. The van der Waals surface area contributed by atoms with Crippen LogP contribution in [-0.2, 0) is 31.8 Å². The molecule has 2 heterocycles. The van der Waals surface area contributed by atoms with E-state index in [1.165, 1.54) is 4.31 Å². The van der Waals surface area contributed by atoms with E-state index in [1.807, 2.05) is 31.2 Å². The van der Waals surface area contributed by atoms with Crippen LogP contribution >= 0.6 is 0 Å². The molecule has 1 atom stereocenters. The number of hydrogen-bond donors (Lipinski definition) is 1. The van der Waals surface area contributed by atoms with Crippen LogP contribution in [0.5, 0.6) is 0 Å². The Bertz CT molecular complexity index is 1290. The van der Waals surface area contributed by atoms with Gasteiger partial charge in [-0.15, -0.1) is 0 Å². The predicted molar refractivity (Wildman–Crippen MR) is 114 cm³/mol. The molecule has 0 fully saturated rings. The van der Waals surface area contributed by atoms with Gasteiger partial charge in [0.2, 0.25) is 10.0 Å². The summed E-state index contributed by atoms with van der Waals surface area (Å²) in [5.74, 6) is -0.337. The Morgan fingerprint density at radius 1 is 1.03 bits per heavy atom. The molecule has 0 radical (unpaired) electrons. The first-order chi connectivity index (χ1) is 13.5. The van der Waals surface area contributed by atoms with E-state index in [0.717, 1.165) is 28.3 Å². The third-order valence-corrected chi connectivity index (χ3v) is 9.04. The Kier molecular flexibility index (Phi) is 4.64. The van der Waals surface area contributed by atoms with Gasteiger partial charge >= 0.3 is 0 Å². The highest BCUT2D eigenvalue weighted by atomic mass is 32.2. The molecule has 0 saturated heterocycles. The molecule has 29 heavy (non-hydrogen) atoms. The lowest BCUT2D eigenvalue weighted by Gasteiger charge is -2.42. The summed E-state index contributed by atoms with van der Waals surface area (Å²) >= 11 is 0. The minimum atomic E-state index is -3.73. The molecule has 0 bridgehead atoms. The Labute approximate surface area is 171 Å². The smallest absolute Gasteiger partial charge is 0.212 e. The van der Waals surface area contributed by atoms with Gasteiger partial charge in [-0.25, -0.2) is 16.8 Å². The molecule has 2 aromatic carbocycles. The van der Waals surface area contributed by atoms with Gasteiger partial charge < -0.3 is 4.98 Å². The maximum absolute atomic E-state index is 13.3. The van der Waals surface area contributed by atoms with Crippen LogP contribution in [0.4, 0.5) is 0 Å². The molecule has 0 aliphatic carbocycles. The van der Waals surface area contributed by atoms with Gasteiger partial charge in [0, 0.05) is 23.1 Å². The molecule has 0 unspecified atom stereocenters. The van der Waals surface area contributed by atoms with Gasteiger partial charge in [0.05, 0.1) is 22.4 Å². The fourth-order valence-corrected chi connectivity index (χ4v) is 7.53. The number of hydrogen-bond acceptors (Lipinski definition) is 4. The first-order valence-corrected chi connectivity index (χ1v) is 12.9. The van der Waals surface area contributed by atoms with Crippen LogP contribution in [0.25, 0.3) is 10.9 Å². The largest absolute Gasteiger partial charge is 0.357 e. The van der Waals surface area contributed by atoms with Crippen molar-refractivity contribution in [3.05, 3.63) is 65.4 Å². The van der Waals surface area contributed by atoms with Gasteiger partial charge in [-0.3, -0.25) is 0 Å². The second-order valence-electron chi connectivity index (χ2n) is 7.96. The molecular weight excluding hydrogens is 408 g/mol. The number of H-pyrrole nitrogens is 1. The summed E-state index contributed by atoms with van der Waals surface area (Å²) in [5, 5.41) is 1.01. The van der Waals surface area contributed by atoms with Crippen molar-refractivity contribution in [2.75, 3.05) is 18.6 Å².